The summed E-state index contributed by atoms with van der Waals surface area (Å²) in [5.74, 6) is -0.125. The van der Waals surface area contributed by atoms with E-state index < -0.39 is 0 Å². The number of nitrogens with zero attached hydrogens (tertiary/aromatic N) is 2. The van der Waals surface area contributed by atoms with E-state index in [2.05, 4.69) is 18.7 Å². The van der Waals surface area contributed by atoms with Gasteiger partial charge in [0, 0.05) is 31.5 Å². The second kappa shape index (κ2) is 6.78. The molecule has 0 aromatic heterocycles. The molecule has 1 amide bonds. The van der Waals surface area contributed by atoms with E-state index in [1.807, 2.05) is 11.0 Å². The lowest BCUT2D eigenvalue weighted by Crippen LogP contribution is -2.53. The molecule has 2 aliphatic rings. The highest BCUT2D eigenvalue weighted by Crippen LogP contribution is 2.42. The molecule has 0 saturated carbocycles. The predicted molar refractivity (Wildman–Crippen MR) is 92.4 cm³/mol. The summed E-state index contributed by atoms with van der Waals surface area (Å²) < 4.78 is 13.6. The number of hydrogen-bond donors (Lipinski definition) is 0. The van der Waals surface area contributed by atoms with E-state index >= 15 is 0 Å². The average Bonchev–Trinajstić information content (AvgIpc) is 2.47. The van der Waals surface area contributed by atoms with Crippen molar-refractivity contribution in [1.29, 1.82) is 0 Å². The SMILES string of the molecule is CC(=O)N1Cc2cc(F)ccc2C2(CCN(C(C)C)CC2)C1.Cl. The van der Waals surface area contributed by atoms with Crippen LogP contribution in [0.15, 0.2) is 18.2 Å². The number of carbonyl (C=O) groups excluding carboxylic acids is 1. The highest BCUT2D eigenvalue weighted by molar-refractivity contribution is 5.85. The Morgan fingerprint density at radius 1 is 1.26 bits per heavy atom. The van der Waals surface area contributed by atoms with Gasteiger partial charge in [-0.2, -0.15) is 0 Å². The van der Waals surface area contributed by atoms with Gasteiger partial charge in [0.2, 0.25) is 5.91 Å². The van der Waals surface area contributed by atoms with Crippen molar-refractivity contribution in [3.63, 3.8) is 0 Å². The van der Waals surface area contributed by atoms with Crippen LogP contribution in [0.25, 0.3) is 0 Å². The lowest BCUT2D eigenvalue weighted by molar-refractivity contribution is -0.131. The Bertz CT molecular complexity index is 582. The van der Waals surface area contributed by atoms with Crippen molar-refractivity contribution in [3.8, 4) is 0 Å². The highest BCUT2D eigenvalue weighted by atomic mass is 35.5. The zero-order valence-corrected chi connectivity index (χ0v) is 15.0. The van der Waals surface area contributed by atoms with Crippen LogP contribution in [-0.2, 0) is 16.8 Å². The van der Waals surface area contributed by atoms with Crippen LogP contribution in [0.3, 0.4) is 0 Å². The Balaban J connectivity index is 0.00000192. The largest absolute Gasteiger partial charge is 0.338 e. The maximum Gasteiger partial charge on any atom is 0.219 e. The van der Waals surface area contributed by atoms with E-state index in [0.717, 1.165) is 38.0 Å². The fraction of sp³-hybridized carbons (Fsp3) is 0.611. The summed E-state index contributed by atoms with van der Waals surface area (Å²) in [6.45, 7) is 9.46. The molecule has 23 heavy (non-hydrogen) atoms. The first kappa shape index (κ1) is 18.2. The van der Waals surface area contributed by atoms with Gasteiger partial charge in [0.25, 0.3) is 0 Å². The van der Waals surface area contributed by atoms with E-state index in [1.165, 1.54) is 5.56 Å². The molecule has 2 aliphatic heterocycles. The Morgan fingerprint density at radius 2 is 1.91 bits per heavy atom. The first-order chi connectivity index (χ1) is 10.4. The van der Waals surface area contributed by atoms with Gasteiger partial charge >= 0.3 is 0 Å². The number of piperidine rings is 1. The van der Waals surface area contributed by atoms with Gasteiger partial charge in [-0.05, 0) is 63.0 Å². The molecule has 128 valence electrons. The molecule has 3 rings (SSSR count). The van der Waals surface area contributed by atoms with Crippen LogP contribution in [0.5, 0.6) is 0 Å². The minimum atomic E-state index is -0.209. The predicted octanol–water partition coefficient (Wildman–Crippen LogP) is 3.35. The summed E-state index contributed by atoms with van der Waals surface area (Å²) in [4.78, 5) is 16.3. The Hall–Kier alpha value is -1.13. The van der Waals surface area contributed by atoms with E-state index in [4.69, 9.17) is 0 Å². The fourth-order valence-electron chi connectivity index (χ4n) is 4.04. The smallest absolute Gasteiger partial charge is 0.219 e. The maximum absolute atomic E-state index is 13.6. The molecule has 0 unspecified atom stereocenters. The molecule has 0 N–H and O–H groups in total. The molecule has 1 saturated heterocycles. The number of fused-ring (bicyclic) bond motifs is 2. The summed E-state index contributed by atoms with van der Waals surface area (Å²) in [6.07, 6.45) is 2.07. The third-order valence-electron chi connectivity index (χ3n) is 5.42. The first-order valence-electron chi connectivity index (χ1n) is 8.20. The molecule has 1 aromatic rings. The second-order valence-corrected chi connectivity index (χ2v) is 7.09. The zero-order valence-electron chi connectivity index (χ0n) is 14.1. The topological polar surface area (TPSA) is 23.6 Å². The van der Waals surface area contributed by atoms with Crippen molar-refractivity contribution < 1.29 is 9.18 Å². The van der Waals surface area contributed by atoms with E-state index in [0.29, 0.717) is 12.6 Å². The summed E-state index contributed by atoms with van der Waals surface area (Å²) in [7, 11) is 0. The molecule has 0 aliphatic carbocycles. The van der Waals surface area contributed by atoms with Crippen molar-refractivity contribution in [2.75, 3.05) is 19.6 Å². The van der Waals surface area contributed by atoms with E-state index in [1.54, 1.807) is 19.1 Å². The van der Waals surface area contributed by atoms with Crippen LogP contribution in [0, 0.1) is 5.82 Å². The van der Waals surface area contributed by atoms with Gasteiger partial charge in [-0.15, -0.1) is 12.4 Å². The lowest BCUT2D eigenvalue weighted by atomic mass is 9.68. The third kappa shape index (κ3) is 3.38. The standard InChI is InChI=1S/C18H25FN2O.ClH/c1-13(2)20-8-6-18(7-9-20)12-21(14(3)22)11-15-10-16(19)4-5-17(15)18;/h4-5,10,13H,6-9,11-12H2,1-3H3;1H. The van der Waals surface area contributed by atoms with Crippen molar-refractivity contribution in [3.05, 3.63) is 35.1 Å². The number of rotatable bonds is 1. The molecule has 1 spiro atoms. The van der Waals surface area contributed by atoms with Gasteiger partial charge in [0.15, 0.2) is 0 Å². The Morgan fingerprint density at radius 3 is 2.48 bits per heavy atom. The lowest BCUT2D eigenvalue weighted by Gasteiger charge is -2.49. The quantitative estimate of drug-likeness (QED) is 0.782. The van der Waals surface area contributed by atoms with Crippen LogP contribution in [0.2, 0.25) is 0 Å². The van der Waals surface area contributed by atoms with Crippen LogP contribution in [0.1, 0.15) is 44.7 Å². The highest BCUT2D eigenvalue weighted by Gasteiger charge is 2.42. The number of amides is 1. The van der Waals surface area contributed by atoms with Gasteiger partial charge in [-0.25, -0.2) is 4.39 Å². The molecular formula is C18H26ClFN2O. The normalized spacial score (nSPS) is 20.3. The van der Waals surface area contributed by atoms with Gasteiger partial charge in [0.1, 0.15) is 5.82 Å². The van der Waals surface area contributed by atoms with E-state index in [-0.39, 0.29) is 29.5 Å². The molecule has 0 radical (unpaired) electrons. The van der Waals surface area contributed by atoms with E-state index in [9.17, 15) is 9.18 Å². The molecule has 0 bridgehead atoms. The van der Waals surface area contributed by atoms with Crippen molar-refractivity contribution in [1.82, 2.24) is 9.80 Å². The van der Waals surface area contributed by atoms with Crippen molar-refractivity contribution in [2.24, 2.45) is 0 Å². The van der Waals surface area contributed by atoms with Gasteiger partial charge < -0.3 is 9.80 Å². The molecule has 2 heterocycles. The third-order valence-corrected chi connectivity index (χ3v) is 5.42. The zero-order chi connectivity index (χ0) is 15.9. The number of likely N-dealkylation sites (tertiary alicyclic amines) is 1. The minimum absolute atomic E-state index is 0. The molecule has 1 fully saturated rings. The Kier molecular flexibility index (Phi) is 5.37. The fourth-order valence-corrected chi connectivity index (χ4v) is 4.04. The van der Waals surface area contributed by atoms with Gasteiger partial charge in [0.05, 0.1) is 0 Å². The van der Waals surface area contributed by atoms with Gasteiger partial charge in [-0.3, -0.25) is 4.79 Å². The molecule has 5 heteroatoms. The maximum atomic E-state index is 13.6. The molecule has 3 nitrogen and oxygen atoms in total. The molecular weight excluding hydrogens is 315 g/mol. The van der Waals surface area contributed by atoms with Crippen LogP contribution < -0.4 is 0 Å². The molecule has 1 aromatic carbocycles. The summed E-state index contributed by atoms with van der Waals surface area (Å²) in [5.41, 5.74) is 2.24. The monoisotopic (exact) mass is 340 g/mol. The van der Waals surface area contributed by atoms with Gasteiger partial charge in [-0.1, -0.05) is 6.07 Å². The van der Waals surface area contributed by atoms with Crippen molar-refractivity contribution in [2.45, 2.75) is 51.6 Å². The minimum Gasteiger partial charge on any atom is -0.338 e. The summed E-state index contributed by atoms with van der Waals surface area (Å²) >= 11 is 0. The first-order valence-corrected chi connectivity index (χ1v) is 8.20. The number of halogens is 2. The van der Waals surface area contributed by atoms with Crippen LogP contribution in [0.4, 0.5) is 4.39 Å². The summed E-state index contributed by atoms with van der Waals surface area (Å²) in [6, 6.07) is 5.69. The van der Waals surface area contributed by atoms with Crippen molar-refractivity contribution >= 4 is 18.3 Å². The number of carbonyl (C=O) groups is 1. The Labute approximate surface area is 144 Å². The number of hydrogen-bond acceptors (Lipinski definition) is 2. The second-order valence-electron chi connectivity index (χ2n) is 7.09. The number of benzene rings is 1. The average molecular weight is 341 g/mol. The summed E-state index contributed by atoms with van der Waals surface area (Å²) in [5, 5.41) is 0. The van der Waals surface area contributed by atoms with Crippen LogP contribution in [-0.4, -0.2) is 41.4 Å². The van der Waals surface area contributed by atoms with Crippen LogP contribution >= 0.6 is 12.4 Å². The molecule has 0 atom stereocenters.